The van der Waals surface area contributed by atoms with Gasteiger partial charge in [0.05, 0.1) is 12.0 Å². The van der Waals surface area contributed by atoms with Gasteiger partial charge in [-0.15, -0.1) is 11.8 Å². The molecular weight excluding hydrogens is 318 g/mol. The zero-order valence-electron chi connectivity index (χ0n) is 12.0. The Morgan fingerprint density at radius 2 is 2.00 bits per heavy atom. The minimum absolute atomic E-state index is 0.289. The lowest BCUT2D eigenvalue weighted by Crippen LogP contribution is -2.15. The van der Waals surface area contributed by atoms with Gasteiger partial charge in [0.15, 0.2) is 5.76 Å². The van der Waals surface area contributed by atoms with Crippen LogP contribution in [0.1, 0.15) is 12.5 Å². The molecular formula is C17H14ClNO2S. The third-order valence-corrected chi connectivity index (χ3v) is 5.47. The number of hydrogen-bond donors (Lipinski definition) is 0. The molecule has 0 radical (unpaired) electrons. The van der Waals surface area contributed by atoms with Gasteiger partial charge in [-0.1, -0.05) is 22.8 Å². The number of aromatic nitrogens is 1. The summed E-state index contributed by atoms with van der Waals surface area (Å²) in [6.45, 7) is 2.90. The Morgan fingerprint density at radius 1 is 1.18 bits per heavy atom. The third-order valence-electron chi connectivity index (χ3n) is 3.95. The minimum atomic E-state index is -0.289. The Balaban J connectivity index is 1.85. The van der Waals surface area contributed by atoms with Crippen LogP contribution in [0.4, 0.5) is 0 Å². The molecule has 3 nitrogen and oxygen atoms in total. The van der Waals surface area contributed by atoms with E-state index in [1.54, 1.807) is 0 Å². The summed E-state index contributed by atoms with van der Waals surface area (Å²) in [5, 5.41) is 5.85. The van der Waals surface area contributed by atoms with Crippen LogP contribution in [0, 0.1) is 0 Å². The first-order chi connectivity index (χ1) is 10.7. The predicted octanol–water partition coefficient (Wildman–Crippen LogP) is 5.08. The molecule has 1 unspecified atom stereocenters. The second-order valence-corrected chi connectivity index (χ2v) is 7.31. The number of rotatable bonds is 2. The van der Waals surface area contributed by atoms with Crippen LogP contribution in [0.2, 0.25) is 5.02 Å². The molecule has 3 aromatic rings. The van der Waals surface area contributed by atoms with Gasteiger partial charge in [-0.3, -0.25) is 0 Å². The third kappa shape index (κ3) is 2.32. The van der Waals surface area contributed by atoms with E-state index in [9.17, 15) is 0 Å². The maximum Gasteiger partial charge on any atom is 0.174 e. The SMILES string of the molecule is CC1(c2ccc3noc(-c4ccc(Cl)cc4)c3c2)OCCS1. The Kier molecular flexibility index (Phi) is 3.40. The Bertz CT molecular complexity index is 822. The molecule has 1 aromatic heterocycles. The average molecular weight is 332 g/mol. The van der Waals surface area contributed by atoms with E-state index in [0.29, 0.717) is 5.02 Å². The molecule has 112 valence electrons. The molecule has 1 aliphatic heterocycles. The summed E-state index contributed by atoms with van der Waals surface area (Å²) in [7, 11) is 0. The van der Waals surface area contributed by atoms with Crippen molar-refractivity contribution in [1.29, 1.82) is 0 Å². The molecule has 4 rings (SSSR count). The van der Waals surface area contributed by atoms with Crippen LogP contribution in [-0.2, 0) is 9.67 Å². The maximum absolute atomic E-state index is 5.96. The quantitative estimate of drug-likeness (QED) is 0.655. The van der Waals surface area contributed by atoms with E-state index in [2.05, 4.69) is 24.2 Å². The topological polar surface area (TPSA) is 35.3 Å². The molecule has 22 heavy (non-hydrogen) atoms. The zero-order valence-corrected chi connectivity index (χ0v) is 13.6. The molecule has 1 fully saturated rings. The molecule has 2 aromatic carbocycles. The van der Waals surface area contributed by atoms with Crippen molar-refractivity contribution in [2.75, 3.05) is 12.4 Å². The van der Waals surface area contributed by atoms with Gasteiger partial charge < -0.3 is 9.26 Å². The van der Waals surface area contributed by atoms with Gasteiger partial charge >= 0.3 is 0 Å². The van der Waals surface area contributed by atoms with Crippen molar-refractivity contribution in [2.24, 2.45) is 0 Å². The first kappa shape index (κ1) is 14.1. The molecule has 0 aliphatic carbocycles. The minimum Gasteiger partial charge on any atom is -0.359 e. The van der Waals surface area contributed by atoms with Crippen LogP contribution >= 0.6 is 23.4 Å². The van der Waals surface area contributed by atoms with Gasteiger partial charge in [-0.05, 0) is 48.9 Å². The summed E-state index contributed by atoms with van der Waals surface area (Å²) in [5.74, 6) is 1.78. The number of fused-ring (bicyclic) bond motifs is 1. The summed E-state index contributed by atoms with van der Waals surface area (Å²) >= 11 is 7.78. The van der Waals surface area contributed by atoms with Crippen molar-refractivity contribution >= 4 is 34.3 Å². The number of nitrogens with zero attached hydrogens (tertiary/aromatic N) is 1. The highest BCUT2D eigenvalue weighted by atomic mass is 35.5. The summed E-state index contributed by atoms with van der Waals surface area (Å²) in [5.41, 5.74) is 2.95. The van der Waals surface area contributed by atoms with E-state index < -0.39 is 0 Å². The molecule has 5 heteroatoms. The molecule has 1 atom stereocenters. The molecule has 0 saturated carbocycles. The summed E-state index contributed by atoms with van der Waals surface area (Å²) in [6.07, 6.45) is 0. The average Bonchev–Trinajstić information content (AvgIpc) is 3.15. The highest BCUT2D eigenvalue weighted by Gasteiger charge is 2.33. The second kappa shape index (κ2) is 5.30. The van der Waals surface area contributed by atoms with Gasteiger partial charge in [0.1, 0.15) is 10.4 Å². The molecule has 0 spiro atoms. The normalized spacial score (nSPS) is 21.5. The van der Waals surface area contributed by atoms with E-state index in [-0.39, 0.29) is 4.93 Å². The maximum atomic E-state index is 5.96. The van der Waals surface area contributed by atoms with Crippen LogP contribution in [0.5, 0.6) is 0 Å². The molecule has 1 saturated heterocycles. The summed E-state index contributed by atoms with van der Waals surface area (Å²) < 4.78 is 11.5. The van der Waals surface area contributed by atoms with Crippen molar-refractivity contribution in [3.63, 3.8) is 0 Å². The predicted molar refractivity (Wildman–Crippen MR) is 90.2 cm³/mol. The fourth-order valence-electron chi connectivity index (χ4n) is 2.71. The van der Waals surface area contributed by atoms with Gasteiger partial charge in [0.2, 0.25) is 0 Å². The number of benzene rings is 2. The summed E-state index contributed by atoms with van der Waals surface area (Å²) in [6, 6.07) is 13.8. The Labute approximate surface area is 137 Å². The van der Waals surface area contributed by atoms with E-state index >= 15 is 0 Å². The highest BCUT2D eigenvalue weighted by molar-refractivity contribution is 8.00. The standard InChI is InChI=1S/C17H14ClNO2S/c1-17(20-8-9-22-17)12-4-7-15-14(10-12)16(21-19-15)11-2-5-13(18)6-3-11/h2-7,10H,8-9H2,1H3. The van der Waals surface area contributed by atoms with E-state index in [0.717, 1.165) is 40.1 Å². The second-order valence-electron chi connectivity index (χ2n) is 5.39. The molecule has 2 heterocycles. The lowest BCUT2D eigenvalue weighted by atomic mass is 10.0. The van der Waals surface area contributed by atoms with Crippen LogP contribution < -0.4 is 0 Å². The number of halogens is 1. The van der Waals surface area contributed by atoms with Crippen molar-refractivity contribution in [2.45, 2.75) is 11.9 Å². The Hall–Kier alpha value is -1.49. The van der Waals surface area contributed by atoms with Gasteiger partial charge in [0, 0.05) is 16.3 Å². The van der Waals surface area contributed by atoms with Crippen molar-refractivity contribution in [1.82, 2.24) is 5.16 Å². The zero-order chi connectivity index (χ0) is 15.2. The highest BCUT2D eigenvalue weighted by Crippen LogP contribution is 2.43. The molecule has 0 N–H and O–H groups in total. The fraction of sp³-hybridized carbons (Fsp3) is 0.235. The first-order valence-corrected chi connectivity index (χ1v) is 8.46. The Morgan fingerprint density at radius 3 is 2.73 bits per heavy atom. The van der Waals surface area contributed by atoms with Crippen molar-refractivity contribution in [3.8, 4) is 11.3 Å². The van der Waals surface area contributed by atoms with Crippen LogP contribution in [0.25, 0.3) is 22.2 Å². The largest absolute Gasteiger partial charge is 0.359 e. The van der Waals surface area contributed by atoms with E-state index in [1.165, 1.54) is 0 Å². The van der Waals surface area contributed by atoms with E-state index in [4.69, 9.17) is 20.9 Å². The molecule has 1 aliphatic rings. The van der Waals surface area contributed by atoms with E-state index in [1.807, 2.05) is 42.1 Å². The monoisotopic (exact) mass is 331 g/mol. The lowest BCUT2D eigenvalue weighted by molar-refractivity contribution is 0.0645. The van der Waals surface area contributed by atoms with Gasteiger partial charge in [-0.2, -0.15) is 0 Å². The van der Waals surface area contributed by atoms with Gasteiger partial charge in [0.25, 0.3) is 0 Å². The smallest absolute Gasteiger partial charge is 0.174 e. The first-order valence-electron chi connectivity index (χ1n) is 7.09. The number of ether oxygens (including phenoxy) is 1. The molecule has 0 bridgehead atoms. The van der Waals surface area contributed by atoms with Crippen molar-refractivity contribution in [3.05, 3.63) is 53.1 Å². The lowest BCUT2D eigenvalue weighted by Gasteiger charge is -2.22. The fourth-order valence-corrected chi connectivity index (χ4v) is 3.86. The van der Waals surface area contributed by atoms with Crippen LogP contribution in [-0.4, -0.2) is 17.5 Å². The number of thioether (sulfide) groups is 1. The van der Waals surface area contributed by atoms with Gasteiger partial charge in [-0.25, -0.2) is 0 Å². The molecule has 0 amide bonds. The summed E-state index contributed by atoms with van der Waals surface area (Å²) in [4.78, 5) is -0.289. The van der Waals surface area contributed by atoms with Crippen molar-refractivity contribution < 1.29 is 9.26 Å². The number of hydrogen-bond acceptors (Lipinski definition) is 4. The van der Waals surface area contributed by atoms with Crippen LogP contribution in [0.15, 0.2) is 47.0 Å². The van der Waals surface area contributed by atoms with Crippen LogP contribution in [0.3, 0.4) is 0 Å².